The summed E-state index contributed by atoms with van der Waals surface area (Å²) in [5.74, 6) is 0.237. The van der Waals surface area contributed by atoms with E-state index in [1.165, 1.54) is 37.1 Å². The van der Waals surface area contributed by atoms with Gasteiger partial charge in [-0.15, -0.1) is 0 Å². The average molecular weight is 498 g/mol. The number of quaternary nitrogens is 1. The van der Waals surface area contributed by atoms with Crippen molar-refractivity contribution in [2.75, 3.05) is 44.2 Å². The van der Waals surface area contributed by atoms with Gasteiger partial charge in [0.2, 0.25) is 5.91 Å². The zero-order valence-electron chi connectivity index (χ0n) is 22.9. The topological polar surface area (TPSA) is 61.9 Å². The van der Waals surface area contributed by atoms with E-state index in [1.807, 2.05) is 25.7 Å². The normalized spacial score (nSPS) is 30.4. The molecule has 5 rings (SSSR count). The number of aryl methyl sites for hydroxylation is 1. The van der Waals surface area contributed by atoms with Gasteiger partial charge in [-0.05, 0) is 65.5 Å². The maximum Gasteiger partial charge on any atom is 0.410 e. The maximum atomic E-state index is 13.8. The van der Waals surface area contributed by atoms with E-state index in [2.05, 4.69) is 37.4 Å². The Balaban J connectivity index is 1.31. The number of anilines is 1. The third kappa shape index (κ3) is 4.32. The molecule has 1 aromatic rings. The van der Waals surface area contributed by atoms with Crippen LogP contribution in [0.2, 0.25) is 0 Å². The lowest BCUT2D eigenvalue weighted by atomic mass is 9.77. The summed E-state index contributed by atoms with van der Waals surface area (Å²) in [6.45, 7) is 15.6. The number of rotatable bonds is 3. The van der Waals surface area contributed by atoms with Crippen molar-refractivity contribution in [3.63, 3.8) is 0 Å². The summed E-state index contributed by atoms with van der Waals surface area (Å²) in [5.41, 5.74) is 2.83. The van der Waals surface area contributed by atoms with Crippen LogP contribution in [-0.4, -0.2) is 73.9 Å². The summed E-state index contributed by atoms with van der Waals surface area (Å²) in [6.07, 6.45) is 5.82. The molecule has 0 bridgehead atoms. The molecule has 7 nitrogen and oxygen atoms in total. The number of carbonyl (C=O) groups is 2. The van der Waals surface area contributed by atoms with E-state index in [1.54, 1.807) is 4.90 Å². The smallest absolute Gasteiger partial charge is 0.410 e. The van der Waals surface area contributed by atoms with E-state index in [4.69, 9.17) is 4.74 Å². The molecule has 1 spiro atoms. The lowest BCUT2D eigenvalue weighted by Crippen LogP contribution is -2.59. The largest absolute Gasteiger partial charge is 0.444 e. The van der Waals surface area contributed by atoms with Crippen LogP contribution in [0.5, 0.6) is 0 Å². The van der Waals surface area contributed by atoms with Crippen molar-refractivity contribution in [1.29, 1.82) is 0 Å². The van der Waals surface area contributed by atoms with Crippen molar-refractivity contribution >= 4 is 23.4 Å². The molecule has 4 saturated heterocycles. The minimum absolute atomic E-state index is 0.237. The predicted molar refractivity (Wildman–Crippen MR) is 144 cm³/mol. The first-order valence-corrected chi connectivity index (χ1v) is 14.1. The highest BCUT2D eigenvalue weighted by molar-refractivity contribution is 6.00. The summed E-state index contributed by atoms with van der Waals surface area (Å²) in [6, 6.07) is 8.17. The van der Waals surface area contributed by atoms with Crippen LogP contribution >= 0.6 is 0 Å². The molecule has 4 aliphatic rings. The predicted octanol–water partition coefficient (Wildman–Crippen LogP) is 4.60. The standard InChI is InChI=1S/C29H45N4O3/c1-21-19-23(33(18-6-7-22(33)2)24-10-14-30-20-24)8-9-25(21)32-17-13-29(26(32)34)11-15-31(16-12-29)27(35)36-28(3,4)5/h8-9,19,22,24,30H,6-7,10-18,20H2,1-5H3/q+1/t22-,24-,33?/m0/s1. The second-order valence-corrected chi connectivity index (χ2v) is 12.7. The molecule has 0 aromatic heterocycles. The molecule has 1 N–H and O–H groups in total. The van der Waals surface area contributed by atoms with Crippen LogP contribution in [0, 0.1) is 12.3 Å². The van der Waals surface area contributed by atoms with Gasteiger partial charge in [0.05, 0.1) is 18.0 Å². The molecule has 4 fully saturated rings. The van der Waals surface area contributed by atoms with Gasteiger partial charge >= 0.3 is 6.09 Å². The summed E-state index contributed by atoms with van der Waals surface area (Å²) >= 11 is 0. The number of piperidine rings is 1. The molecule has 3 atom stereocenters. The summed E-state index contributed by atoms with van der Waals surface area (Å²) in [5, 5.41) is 3.59. The van der Waals surface area contributed by atoms with E-state index in [9.17, 15) is 9.59 Å². The Bertz CT molecular complexity index is 1000. The Morgan fingerprint density at radius 2 is 1.86 bits per heavy atom. The number of nitrogens with one attached hydrogen (secondary N) is 1. The summed E-state index contributed by atoms with van der Waals surface area (Å²) < 4.78 is 6.64. The van der Waals surface area contributed by atoms with Gasteiger partial charge in [0.25, 0.3) is 0 Å². The van der Waals surface area contributed by atoms with E-state index < -0.39 is 5.60 Å². The van der Waals surface area contributed by atoms with E-state index in [0.29, 0.717) is 38.0 Å². The summed E-state index contributed by atoms with van der Waals surface area (Å²) in [4.78, 5) is 30.1. The number of likely N-dealkylation sites (tertiary alicyclic amines) is 2. The van der Waals surface area contributed by atoms with E-state index >= 15 is 0 Å². The molecule has 0 radical (unpaired) electrons. The third-order valence-electron chi connectivity index (χ3n) is 9.46. The highest BCUT2D eigenvalue weighted by Crippen LogP contribution is 2.45. The average Bonchev–Trinajstić information content (AvgIpc) is 3.55. The number of amides is 2. The molecule has 36 heavy (non-hydrogen) atoms. The quantitative estimate of drug-likeness (QED) is 0.620. The van der Waals surface area contributed by atoms with Gasteiger partial charge in [0, 0.05) is 69.8 Å². The van der Waals surface area contributed by atoms with Gasteiger partial charge in [-0.3, -0.25) is 9.28 Å². The molecule has 0 aliphatic carbocycles. The molecule has 0 saturated carbocycles. The first kappa shape index (κ1) is 25.5. The molecular weight excluding hydrogens is 452 g/mol. The molecule has 1 aromatic carbocycles. The van der Waals surface area contributed by atoms with E-state index in [-0.39, 0.29) is 17.4 Å². The van der Waals surface area contributed by atoms with Crippen molar-refractivity contribution in [2.24, 2.45) is 5.41 Å². The van der Waals surface area contributed by atoms with Gasteiger partial charge < -0.3 is 19.9 Å². The van der Waals surface area contributed by atoms with Crippen molar-refractivity contribution in [3.05, 3.63) is 23.8 Å². The molecular formula is C29H45N4O3+. The molecule has 4 aliphatic heterocycles. The first-order valence-electron chi connectivity index (χ1n) is 14.1. The van der Waals surface area contributed by atoms with Crippen molar-refractivity contribution in [2.45, 2.75) is 90.8 Å². The Morgan fingerprint density at radius 1 is 1.14 bits per heavy atom. The lowest BCUT2D eigenvalue weighted by Gasteiger charge is -2.43. The van der Waals surface area contributed by atoms with Crippen LogP contribution in [0.4, 0.5) is 16.2 Å². The van der Waals surface area contributed by atoms with Crippen molar-refractivity contribution < 1.29 is 14.3 Å². The molecule has 198 valence electrons. The monoisotopic (exact) mass is 497 g/mol. The SMILES string of the molecule is Cc1cc([N+]2([C@H]3CCNC3)CCC[C@@H]2C)ccc1N1CCC2(CCN(C(=O)OC(C)(C)C)CC2)C1=O. The second-order valence-electron chi connectivity index (χ2n) is 12.7. The van der Waals surface area contributed by atoms with E-state index in [0.717, 1.165) is 36.2 Å². The van der Waals surface area contributed by atoms with Gasteiger partial charge in [0.1, 0.15) is 17.3 Å². The summed E-state index contributed by atoms with van der Waals surface area (Å²) in [7, 11) is 0. The highest BCUT2D eigenvalue weighted by atomic mass is 16.6. The molecule has 1 unspecified atom stereocenters. The fraction of sp³-hybridized carbons (Fsp3) is 0.724. The van der Waals surface area contributed by atoms with Crippen molar-refractivity contribution in [1.82, 2.24) is 14.7 Å². The Morgan fingerprint density at radius 3 is 2.44 bits per heavy atom. The number of hydrogen-bond donors (Lipinski definition) is 1. The fourth-order valence-electron chi connectivity index (χ4n) is 7.43. The maximum absolute atomic E-state index is 13.8. The number of carbonyl (C=O) groups excluding carboxylic acids is 2. The molecule has 2 amide bonds. The first-order chi connectivity index (χ1) is 17.1. The molecule has 4 heterocycles. The molecule has 7 heteroatoms. The minimum Gasteiger partial charge on any atom is -0.444 e. The highest BCUT2D eigenvalue weighted by Gasteiger charge is 2.51. The number of nitrogens with zero attached hydrogens (tertiary/aromatic N) is 3. The van der Waals surface area contributed by atoms with Gasteiger partial charge in [-0.1, -0.05) is 0 Å². The van der Waals surface area contributed by atoms with Gasteiger partial charge in [0.15, 0.2) is 0 Å². The van der Waals surface area contributed by atoms with Crippen LogP contribution in [-0.2, 0) is 9.53 Å². The minimum atomic E-state index is -0.502. The van der Waals surface area contributed by atoms with Crippen LogP contribution in [0.1, 0.15) is 71.8 Å². The Kier molecular flexibility index (Phi) is 6.61. The third-order valence-corrected chi connectivity index (χ3v) is 9.46. The zero-order chi connectivity index (χ0) is 25.7. The van der Waals surface area contributed by atoms with Crippen LogP contribution in [0.15, 0.2) is 18.2 Å². The Hall–Kier alpha value is -2.12. The number of hydrogen-bond acceptors (Lipinski definition) is 4. The van der Waals surface area contributed by atoms with Gasteiger partial charge in [-0.25, -0.2) is 4.79 Å². The van der Waals surface area contributed by atoms with Crippen LogP contribution < -0.4 is 14.7 Å². The van der Waals surface area contributed by atoms with Crippen LogP contribution in [0.25, 0.3) is 0 Å². The number of benzene rings is 1. The lowest BCUT2D eigenvalue weighted by molar-refractivity contribution is -0.128. The Labute approximate surface area is 216 Å². The van der Waals surface area contributed by atoms with Crippen molar-refractivity contribution in [3.8, 4) is 0 Å². The zero-order valence-corrected chi connectivity index (χ0v) is 22.9. The van der Waals surface area contributed by atoms with Gasteiger partial charge in [-0.2, -0.15) is 0 Å². The van der Waals surface area contributed by atoms with Crippen LogP contribution in [0.3, 0.4) is 0 Å². The fourth-order valence-corrected chi connectivity index (χ4v) is 7.43. The number of ether oxygens (including phenoxy) is 1. The second kappa shape index (κ2) is 9.32.